The molecule has 0 aromatic carbocycles. The minimum absolute atomic E-state index is 0.623. The molecule has 124 valence electrons. The third-order valence-corrected chi connectivity index (χ3v) is 4.41. The average Bonchev–Trinajstić information content (AvgIpc) is 2.45. The second-order valence-corrected chi connectivity index (χ2v) is 7.39. The lowest BCUT2D eigenvalue weighted by Crippen LogP contribution is -2.04. The number of hydrogen-bond donors (Lipinski definition) is 0. The van der Waals surface area contributed by atoms with Crippen molar-refractivity contribution in [3.8, 4) is 0 Å². The van der Waals surface area contributed by atoms with Gasteiger partial charge < -0.3 is 4.74 Å². The number of hydrogen-bond acceptors (Lipinski definition) is 1. The van der Waals surface area contributed by atoms with Crippen LogP contribution in [0.4, 0.5) is 0 Å². The van der Waals surface area contributed by atoms with E-state index in [1.54, 1.807) is 0 Å². The largest absolute Gasteiger partial charge is 0.498 e. The maximum atomic E-state index is 6.06. The lowest BCUT2D eigenvalue weighted by Gasteiger charge is -2.15. The fourth-order valence-corrected chi connectivity index (χ4v) is 3.06. The van der Waals surface area contributed by atoms with Gasteiger partial charge in [-0.15, -0.1) is 0 Å². The molecule has 1 unspecified atom stereocenters. The molecule has 0 radical (unpaired) electrons. The summed E-state index contributed by atoms with van der Waals surface area (Å²) in [6.45, 7) is 7.70. The van der Waals surface area contributed by atoms with Gasteiger partial charge in [0.2, 0.25) is 0 Å². The molecule has 0 saturated heterocycles. The van der Waals surface area contributed by atoms with E-state index in [-0.39, 0.29) is 0 Å². The van der Waals surface area contributed by atoms with Crippen LogP contribution in [-0.4, -0.2) is 6.61 Å². The molecule has 0 bridgehead atoms. The molecule has 0 amide bonds. The van der Waals surface area contributed by atoms with E-state index in [1.807, 2.05) is 0 Å². The topological polar surface area (TPSA) is 9.23 Å². The van der Waals surface area contributed by atoms with Gasteiger partial charge in [0.1, 0.15) is 0 Å². The van der Waals surface area contributed by atoms with Crippen LogP contribution in [0.5, 0.6) is 0 Å². The minimum atomic E-state index is 0.623. The molecule has 0 fully saturated rings. The van der Waals surface area contributed by atoms with Gasteiger partial charge in [0.15, 0.2) is 0 Å². The second kappa shape index (κ2) is 12.1. The van der Waals surface area contributed by atoms with Gasteiger partial charge in [-0.3, -0.25) is 0 Å². The average molecular weight is 295 g/mol. The van der Waals surface area contributed by atoms with Crippen molar-refractivity contribution in [2.24, 2.45) is 11.8 Å². The summed E-state index contributed by atoms with van der Waals surface area (Å²) in [5.74, 6) is 2.57. The van der Waals surface area contributed by atoms with Crippen LogP contribution in [0.25, 0.3) is 0 Å². The summed E-state index contributed by atoms with van der Waals surface area (Å²) in [5.41, 5.74) is 0. The van der Waals surface area contributed by atoms with E-state index in [0.29, 0.717) is 11.8 Å². The Morgan fingerprint density at radius 1 is 0.905 bits per heavy atom. The second-order valence-electron chi connectivity index (χ2n) is 7.39. The summed E-state index contributed by atoms with van der Waals surface area (Å²) in [6, 6.07) is 0. The highest BCUT2D eigenvalue weighted by molar-refractivity contribution is 4.96. The first-order valence-corrected chi connectivity index (χ1v) is 9.52. The Morgan fingerprint density at radius 2 is 1.43 bits per heavy atom. The van der Waals surface area contributed by atoms with Gasteiger partial charge in [0, 0.05) is 6.42 Å². The van der Waals surface area contributed by atoms with Crippen molar-refractivity contribution < 1.29 is 4.74 Å². The van der Waals surface area contributed by atoms with E-state index in [1.165, 1.54) is 76.4 Å². The normalized spacial score (nSPS) is 26.5. The zero-order valence-corrected chi connectivity index (χ0v) is 14.8. The highest BCUT2D eigenvalue weighted by atomic mass is 16.5. The first kappa shape index (κ1) is 18.6. The fourth-order valence-electron chi connectivity index (χ4n) is 3.06. The third-order valence-electron chi connectivity index (χ3n) is 4.41. The summed E-state index contributed by atoms with van der Waals surface area (Å²) < 4.78 is 6.06. The summed E-state index contributed by atoms with van der Waals surface area (Å²) in [6.07, 6.45) is 19.0. The first-order valence-electron chi connectivity index (χ1n) is 9.52. The minimum Gasteiger partial charge on any atom is -0.498 e. The molecule has 1 atom stereocenters. The summed E-state index contributed by atoms with van der Waals surface area (Å²) in [7, 11) is 0. The molecule has 0 aliphatic heterocycles. The standard InChI is InChI=1S/C20H38O/c1-18(2)17-21-20-15-13-11-9-7-5-4-6-8-10-12-14-19(3)16-20/h16,18-19H,4-15,17H2,1-3H3/b20-16+. The lowest BCUT2D eigenvalue weighted by molar-refractivity contribution is 0.167. The molecular formula is C20H38O. The molecule has 0 heterocycles. The Bertz CT molecular complexity index is 267. The van der Waals surface area contributed by atoms with Crippen molar-refractivity contribution in [1.82, 2.24) is 0 Å². The molecular weight excluding hydrogens is 256 g/mol. The molecule has 1 rings (SSSR count). The van der Waals surface area contributed by atoms with Crippen molar-refractivity contribution in [2.75, 3.05) is 6.61 Å². The van der Waals surface area contributed by atoms with E-state index >= 15 is 0 Å². The molecule has 0 N–H and O–H groups in total. The van der Waals surface area contributed by atoms with Gasteiger partial charge in [-0.1, -0.05) is 78.6 Å². The Labute approximate surface area is 133 Å². The number of rotatable bonds is 3. The van der Waals surface area contributed by atoms with Crippen LogP contribution >= 0.6 is 0 Å². The molecule has 0 saturated carbocycles. The van der Waals surface area contributed by atoms with Gasteiger partial charge in [0.05, 0.1) is 12.4 Å². The van der Waals surface area contributed by atoms with Crippen LogP contribution in [0.15, 0.2) is 11.8 Å². The summed E-state index contributed by atoms with van der Waals surface area (Å²) in [4.78, 5) is 0. The SMILES string of the molecule is CC(C)CO/C1=C/C(C)CCCCCCCCCCCC1. The quantitative estimate of drug-likeness (QED) is 0.551. The van der Waals surface area contributed by atoms with Crippen LogP contribution in [0.1, 0.15) is 97.8 Å². The van der Waals surface area contributed by atoms with Crippen LogP contribution in [-0.2, 0) is 4.74 Å². The Hall–Kier alpha value is -0.460. The van der Waals surface area contributed by atoms with E-state index in [0.717, 1.165) is 13.0 Å². The van der Waals surface area contributed by atoms with Crippen molar-refractivity contribution in [2.45, 2.75) is 97.8 Å². The van der Waals surface area contributed by atoms with Crippen molar-refractivity contribution in [3.63, 3.8) is 0 Å². The monoisotopic (exact) mass is 294 g/mol. The maximum Gasteiger partial charge on any atom is 0.0922 e. The zero-order chi connectivity index (χ0) is 15.3. The Kier molecular flexibility index (Phi) is 10.7. The Morgan fingerprint density at radius 3 is 2.00 bits per heavy atom. The fraction of sp³-hybridized carbons (Fsp3) is 0.900. The third kappa shape index (κ3) is 10.8. The predicted molar refractivity (Wildman–Crippen MR) is 93.4 cm³/mol. The van der Waals surface area contributed by atoms with Gasteiger partial charge >= 0.3 is 0 Å². The van der Waals surface area contributed by atoms with E-state index in [4.69, 9.17) is 4.74 Å². The van der Waals surface area contributed by atoms with Gasteiger partial charge in [-0.2, -0.15) is 0 Å². The van der Waals surface area contributed by atoms with E-state index in [2.05, 4.69) is 26.8 Å². The number of ether oxygens (including phenoxy) is 1. The summed E-state index contributed by atoms with van der Waals surface area (Å²) >= 11 is 0. The molecule has 21 heavy (non-hydrogen) atoms. The van der Waals surface area contributed by atoms with Gasteiger partial charge in [-0.05, 0) is 30.8 Å². The molecule has 1 nitrogen and oxygen atoms in total. The highest BCUT2D eigenvalue weighted by Crippen LogP contribution is 2.20. The van der Waals surface area contributed by atoms with Crippen molar-refractivity contribution in [1.29, 1.82) is 0 Å². The molecule has 1 heteroatoms. The molecule has 0 aromatic rings. The molecule has 0 spiro atoms. The molecule has 0 aromatic heterocycles. The van der Waals surface area contributed by atoms with E-state index < -0.39 is 0 Å². The van der Waals surface area contributed by atoms with E-state index in [9.17, 15) is 0 Å². The van der Waals surface area contributed by atoms with Gasteiger partial charge in [-0.25, -0.2) is 0 Å². The van der Waals surface area contributed by atoms with Gasteiger partial charge in [0.25, 0.3) is 0 Å². The smallest absolute Gasteiger partial charge is 0.0922 e. The van der Waals surface area contributed by atoms with Crippen LogP contribution in [0, 0.1) is 11.8 Å². The Balaban J connectivity index is 2.46. The highest BCUT2D eigenvalue weighted by Gasteiger charge is 2.06. The predicted octanol–water partition coefficient (Wildman–Crippen LogP) is 6.87. The van der Waals surface area contributed by atoms with Crippen molar-refractivity contribution in [3.05, 3.63) is 11.8 Å². The zero-order valence-electron chi connectivity index (χ0n) is 14.8. The molecule has 1 aliphatic carbocycles. The lowest BCUT2D eigenvalue weighted by atomic mass is 10.0. The molecule has 1 aliphatic rings. The van der Waals surface area contributed by atoms with Crippen molar-refractivity contribution >= 4 is 0 Å². The van der Waals surface area contributed by atoms with Crippen LogP contribution in [0.3, 0.4) is 0 Å². The number of allylic oxidation sites excluding steroid dienone is 2. The van der Waals surface area contributed by atoms with Crippen LogP contribution < -0.4 is 0 Å². The maximum absolute atomic E-state index is 6.06. The first-order chi connectivity index (χ1) is 10.2. The summed E-state index contributed by atoms with van der Waals surface area (Å²) in [5, 5.41) is 0. The van der Waals surface area contributed by atoms with Crippen LogP contribution in [0.2, 0.25) is 0 Å².